The summed E-state index contributed by atoms with van der Waals surface area (Å²) in [6, 6.07) is 0. The molecule has 0 fully saturated rings. The van der Waals surface area contributed by atoms with Gasteiger partial charge in [0.25, 0.3) is 0 Å². The molecule has 2 N–H and O–H groups in total. The van der Waals surface area contributed by atoms with Gasteiger partial charge in [0.1, 0.15) is 0 Å². The second kappa shape index (κ2) is 18.2. The van der Waals surface area contributed by atoms with Gasteiger partial charge in [-0.15, -0.1) is 0 Å². The molecule has 0 saturated heterocycles. The van der Waals surface area contributed by atoms with Gasteiger partial charge in [0.2, 0.25) is 0 Å². The summed E-state index contributed by atoms with van der Waals surface area (Å²) in [4.78, 5) is 24.1. The van der Waals surface area contributed by atoms with Gasteiger partial charge in [0, 0.05) is 0 Å². The second-order valence-corrected chi connectivity index (χ2v) is 20.4. The third-order valence-corrected chi connectivity index (χ3v) is 20.0. The number of carboxylic acids is 2. The molecule has 2 unspecified atom stereocenters. The summed E-state index contributed by atoms with van der Waals surface area (Å²) in [5.41, 5.74) is 0. The van der Waals surface area contributed by atoms with Gasteiger partial charge in [-0.1, -0.05) is 0 Å². The number of rotatable bonds is 19. The molecule has 0 aliphatic heterocycles. The number of hydrogen-bond acceptors (Lipinski definition) is 2. The third kappa shape index (κ3) is 12.2. The van der Waals surface area contributed by atoms with Crippen LogP contribution in [-0.4, -0.2) is 47.7 Å². The minimum absolute atomic E-state index is 0.223. The average molecular weight is 626 g/mol. The molecule has 28 heavy (non-hydrogen) atoms. The SMILES string of the molecule is CCCCI(CCCC)C(CCC(C(=O)O)I(CCCC)CCCC)C(=O)O. The number of unbranched alkanes of at least 4 members (excludes halogenated alkanes) is 4. The Bertz CT molecular complexity index is 363. The van der Waals surface area contributed by atoms with Crippen molar-refractivity contribution in [3.8, 4) is 0 Å². The molecule has 0 heterocycles. The zero-order valence-corrected chi connectivity index (χ0v) is 22.8. The number of aliphatic carboxylic acids is 2. The van der Waals surface area contributed by atoms with E-state index >= 15 is 0 Å². The molecule has 0 aliphatic carbocycles. The Morgan fingerprint density at radius 3 is 1.04 bits per heavy atom. The van der Waals surface area contributed by atoms with Gasteiger partial charge >= 0.3 is 189 Å². The van der Waals surface area contributed by atoms with Crippen LogP contribution in [0.4, 0.5) is 0 Å². The van der Waals surface area contributed by atoms with Gasteiger partial charge in [-0.3, -0.25) is 0 Å². The molecular weight excluding hydrogens is 582 g/mol. The van der Waals surface area contributed by atoms with Crippen LogP contribution >= 0.6 is 39.6 Å². The summed E-state index contributed by atoms with van der Waals surface area (Å²) in [5, 5.41) is 19.8. The first-order chi connectivity index (χ1) is 13.4. The molecular formula is C22H44I2O4. The molecule has 6 heteroatoms. The molecule has 0 aliphatic rings. The van der Waals surface area contributed by atoms with Crippen LogP contribution in [0.25, 0.3) is 0 Å². The summed E-state index contributed by atoms with van der Waals surface area (Å²) in [6.07, 6.45) is 10.2. The summed E-state index contributed by atoms with van der Waals surface area (Å²) in [5.74, 6) is -1.30. The Morgan fingerprint density at radius 1 is 0.607 bits per heavy atom. The number of hydrogen-bond donors (Lipinski definition) is 2. The molecule has 0 radical (unpaired) electrons. The van der Waals surface area contributed by atoms with Crippen LogP contribution in [0.5, 0.6) is 0 Å². The predicted octanol–water partition coefficient (Wildman–Crippen LogP) is 6.89. The molecule has 4 nitrogen and oxygen atoms in total. The van der Waals surface area contributed by atoms with E-state index in [4.69, 9.17) is 0 Å². The summed E-state index contributed by atoms with van der Waals surface area (Å²) < 4.78 is 4.01. The Hall–Kier alpha value is 0.400. The maximum absolute atomic E-state index is 12.1. The van der Waals surface area contributed by atoms with Crippen LogP contribution in [0, 0.1) is 0 Å². The first-order valence-electron chi connectivity index (χ1n) is 11.1. The van der Waals surface area contributed by atoms with Gasteiger partial charge in [-0.25, -0.2) is 0 Å². The van der Waals surface area contributed by atoms with Crippen molar-refractivity contribution < 1.29 is 19.8 Å². The Balaban J connectivity index is 5.18. The fourth-order valence-corrected chi connectivity index (χ4v) is 18.1. The molecule has 0 spiro atoms. The van der Waals surface area contributed by atoms with Crippen molar-refractivity contribution in [2.24, 2.45) is 0 Å². The zero-order valence-electron chi connectivity index (χ0n) is 18.5. The van der Waals surface area contributed by atoms with Gasteiger partial charge in [0.05, 0.1) is 0 Å². The van der Waals surface area contributed by atoms with E-state index in [0.717, 1.165) is 69.1 Å². The molecule has 0 aromatic rings. The Kier molecular flexibility index (Phi) is 18.5. The molecule has 0 saturated carbocycles. The van der Waals surface area contributed by atoms with Crippen molar-refractivity contribution in [2.45, 2.75) is 99.8 Å². The van der Waals surface area contributed by atoms with Gasteiger partial charge in [0.15, 0.2) is 0 Å². The molecule has 0 aromatic heterocycles. The topological polar surface area (TPSA) is 74.6 Å². The fraction of sp³-hybridized carbons (Fsp3) is 0.909. The van der Waals surface area contributed by atoms with Gasteiger partial charge < -0.3 is 0 Å². The van der Waals surface area contributed by atoms with Crippen LogP contribution in [0.2, 0.25) is 0 Å². The quantitative estimate of drug-likeness (QED) is 0.121. The van der Waals surface area contributed by atoms with Crippen molar-refractivity contribution in [1.82, 2.24) is 0 Å². The van der Waals surface area contributed by atoms with Crippen molar-refractivity contribution in [2.75, 3.05) is 17.7 Å². The van der Waals surface area contributed by atoms with Crippen molar-refractivity contribution in [3.63, 3.8) is 0 Å². The van der Waals surface area contributed by atoms with Crippen LogP contribution < -0.4 is 0 Å². The van der Waals surface area contributed by atoms with Crippen molar-refractivity contribution >= 4 is 51.6 Å². The molecule has 0 bridgehead atoms. The maximum atomic E-state index is 12.1. The van der Waals surface area contributed by atoms with E-state index in [1.165, 1.54) is 0 Å². The van der Waals surface area contributed by atoms with E-state index in [0.29, 0.717) is 12.8 Å². The minimum atomic E-state index is -1.58. The number of carboxylic acid groups (broad SMARTS) is 2. The Morgan fingerprint density at radius 2 is 0.857 bits per heavy atom. The average Bonchev–Trinajstić information content (AvgIpc) is 2.66. The van der Waals surface area contributed by atoms with E-state index in [1.54, 1.807) is 0 Å². The number of alkyl halides is 6. The third-order valence-electron chi connectivity index (χ3n) is 4.87. The summed E-state index contributed by atoms with van der Waals surface area (Å²) in [7, 11) is 0. The van der Waals surface area contributed by atoms with Gasteiger partial charge in [-0.05, 0) is 0 Å². The fourth-order valence-electron chi connectivity index (χ4n) is 3.05. The van der Waals surface area contributed by atoms with Crippen LogP contribution in [0.3, 0.4) is 0 Å². The van der Waals surface area contributed by atoms with Crippen molar-refractivity contribution in [1.29, 1.82) is 0 Å². The number of halogens is 2. The van der Waals surface area contributed by atoms with E-state index in [1.807, 2.05) is 0 Å². The second-order valence-electron chi connectivity index (χ2n) is 7.35. The van der Waals surface area contributed by atoms with E-state index in [-0.39, 0.29) is 7.85 Å². The molecule has 0 aromatic carbocycles. The van der Waals surface area contributed by atoms with Crippen LogP contribution in [-0.2, 0) is 9.59 Å². The van der Waals surface area contributed by atoms with Crippen LogP contribution in [0.15, 0.2) is 0 Å². The Labute approximate surface area is 187 Å². The first-order valence-corrected chi connectivity index (χ1v) is 19.7. The standard InChI is InChI=1S/C22H44I2O4/c1-5-9-15-23(16-10-6-2)19(21(25)26)13-14-20(22(27)28)24(17-11-7-3)18-12-8-4/h19-20H,5-18H2,1-4H3,(H,25,26)(H,27,28). The number of carbonyl (C=O) groups is 2. The molecule has 0 rings (SSSR count). The van der Waals surface area contributed by atoms with E-state index < -0.39 is 51.6 Å². The van der Waals surface area contributed by atoms with E-state index in [9.17, 15) is 19.8 Å². The zero-order chi connectivity index (χ0) is 21.4. The normalized spacial score (nSPS) is 14.4. The van der Waals surface area contributed by atoms with Gasteiger partial charge in [-0.2, -0.15) is 0 Å². The summed E-state index contributed by atoms with van der Waals surface area (Å²) >= 11 is -3.17. The first kappa shape index (κ1) is 28.4. The van der Waals surface area contributed by atoms with Crippen LogP contribution in [0.1, 0.15) is 91.9 Å². The monoisotopic (exact) mass is 626 g/mol. The summed E-state index contributed by atoms with van der Waals surface area (Å²) in [6.45, 7) is 8.68. The molecule has 0 amide bonds. The predicted molar refractivity (Wildman–Crippen MR) is 139 cm³/mol. The molecule has 170 valence electrons. The van der Waals surface area contributed by atoms with Crippen molar-refractivity contribution in [3.05, 3.63) is 0 Å². The van der Waals surface area contributed by atoms with E-state index in [2.05, 4.69) is 27.7 Å². The molecule has 2 atom stereocenters.